The van der Waals surface area contributed by atoms with Crippen molar-refractivity contribution in [2.75, 3.05) is 32.1 Å². The largest absolute Gasteiger partial charge is 0.388 e. The Kier molecular flexibility index (Phi) is 8.13. The van der Waals surface area contributed by atoms with Gasteiger partial charge in [-0.25, -0.2) is 12.7 Å². The van der Waals surface area contributed by atoms with E-state index >= 15 is 0 Å². The minimum absolute atomic E-state index is 0.00349. The summed E-state index contributed by atoms with van der Waals surface area (Å²) in [6, 6.07) is 0. The van der Waals surface area contributed by atoms with Crippen molar-refractivity contribution in [1.82, 2.24) is 4.31 Å². The van der Waals surface area contributed by atoms with Crippen molar-refractivity contribution in [3.8, 4) is 0 Å². The molecule has 0 saturated carbocycles. The van der Waals surface area contributed by atoms with Crippen LogP contribution in [0.25, 0.3) is 0 Å². The average molecular weight is 279 g/mol. The first-order valence-corrected chi connectivity index (χ1v) is 7.79. The first-order chi connectivity index (χ1) is 8.29. The fourth-order valence-electron chi connectivity index (χ4n) is 1.43. The van der Waals surface area contributed by atoms with Gasteiger partial charge in [0.15, 0.2) is 0 Å². The third-order valence-electron chi connectivity index (χ3n) is 2.28. The molecule has 0 unspecified atom stereocenters. The Bertz CT molecular complexity index is 341. The van der Waals surface area contributed by atoms with Crippen molar-refractivity contribution in [2.24, 2.45) is 11.7 Å². The van der Waals surface area contributed by atoms with Crippen LogP contribution in [-0.4, -0.2) is 50.6 Å². The van der Waals surface area contributed by atoms with E-state index in [-0.39, 0.29) is 37.1 Å². The number of nitrogens with one attached hydrogen (secondary N) is 1. The van der Waals surface area contributed by atoms with Crippen LogP contribution in [0.4, 0.5) is 0 Å². The van der Waals surface area contributed by atoms with Gasteiger partial charge in [-0.05, 0) is 12.8 Å². The van der Waals surface area contributed by atoms with Crippen molar-refractivity contribution in [2.45, 2.75) is 27.2 Å². The van der Waals surface area contributed by atoms with E-state index in [4.69, 9.17) is 15.9 Å². The minimum atomic E-state index is -3.33. The number of sulfonamides is 1. The molecule has 3 N–H and O–H groups in total. The molecule has 18 heavy (non-hydrogen) atoms. The maximum absolute atomic E-state index is 12.1. The van der Waals surface area contributed by atoms with Crippen molar-refractivity contribution in [1.29, 1.82) is 5.41 Å². The van der Waals surface area contributed by atoms with Crippen molar-refractivity contribution in [3.05, 3.63) is 0 Å². The molecule has 0 aliphatic rings. The lowest BCUT2D eigenvalue weighted by Crippen LogP contribution is -2.39. The van der Waals surface area contributed by atoms with Crippen LogP contribution in [0.15, 0.2) is 0 Å². The van der Waals surface area contributed by atoms with E-state index in [1.165, 1.54) is 4.31 Å². The second kappa shape index (κ2) is 8.44. The number of ether oxygens (including phenoxy) is 1. The number of hydrogen-bond acceptors (Lipinski definition) is 4. The molecule has 0 fully saturated rings. The maximum Gasteiger partial charge on any atom is 0.216 e. The summed E-state index contributed by atoms with van der Waals surface area (Å²) in [5.74, 6) is 0.216. The van der Waals surface area contributed by atoms with Gasteiger partial charge in [-0.3, -0.25) is 5.41 Å². The molecule has 0 amide bonds. The van der Waals surface area contributed by atoms with Gasteiger partial charge in [0.1, 0.15) is 0 Å². The third-order valence-corrected chi connectivity index (χ3v) is 4.08. The topological polar surface area (TPSA) is 96.5 Å². The highest BCUT2D eigenvalue weighted by atomic mass is 32.2. The number of nitrogens with two attached hydrogens (primary N) is 1. The lowest BCUT2D eigenvalue weighted by molar-refractivity contribution is 0.162. The van der Waals surface area contributed by atoms with E-state index in [9.17, 15) is 8.42 Å². The normalized spacial score (nSPS) is 12.3. The van der Waals surface area contributed by atoms with Crippen LogP contribution in [-0.2, 0) is 14.8 Å². The molecule has 0 heterocycles. The lowest BCUT2D eigenvalue weighted by atomic mass is 10.2. The molecule has 0 bridgehead atoms. The Balaban J connectivity index is 4.55. The van der Waals surface area contributed by atoms with Crippen LogP contribution in [0.2, 0.25) is 0 Å². The van der Waals surface area contributed by atoms with E-state index < -0.39 is 10.0 Å². The first kappa shape index (κ1) is 17.3. The van der Waals surface area contributed by atoms with E-state index in [0.717, 1.165) is 0 Å². The van der Waals surface area contributed by atoms with Crippen LogP contribution in [0.3, 0.4) is 0 Å². The highest BCUT2D eigenvalue weighted by Gasteiger charge is 2.22. The molecule has 0 atom stereocenters. The summed E-state index contributed by atoms with van der Waals surface area (Å²) in [4.78, 5) is 0. The summed E-state index contributed by atoms with van der Waals surface area (Å²) in [7, 11) is -3.33. The molecule has 0 rings (SSSR count). The van der Waals surface area contributed by atoms with E-state index in [1.807, 2.05) is 20.8 Å². The summed E-state index contributed by atoms with van der Waals surface area (Å²) < 4.78 is 30.7. The van der Waals surface area contributed by atoms with Gasteiger partial charge in [0.2, 0.25) is 10.0 Å². The summed E-state index contributed by atoms with van der Waals surface area (Å²) in [6.07, 6.45) is 0.264. The zero-order valence-corrected chi connectivity index (χ0v) is 12.3. The third kappa shape index (κ3) is 7.62. The highest BCUT2D eigenvalue weighted by molar-refractivity contribution is 7.89. The Morgan fingerprint density at radius 2 is 2.06 bits per heavy atom. The monoisotopic (exact) mass is 279 g/mol. The molecule has 0 aromatic heterocycles. The van der Waals surface area contributed by atoms with Crippen LogP contribution in [0.5, 0.6) is 0 Å². The highest BCUT2D eigenvalue weighted by Crippen LogP contribution is 2.07. The van der Waals surface area contributed by atoms with Crippen LogP contribution in [0, 0.1) is 11.3 Å². The number of rotatable bonds is 10. The zero-order valence-electron chi connectivity index (χ0n) is 11.5. The lowest BCUT2D eigenvalue weighted by Gasteiger charge is -2.23. The zero-order chi connectivity index (χ0) is 14.2. The fourth-order valence-corrected chi connectivity index (χ4v) is 2.92. The minimum Gasteiger partial charge on any atom is -0.388 e. The van der Waals surface area contributed by atoms with Crippen LogP contribution in [0.1, 0.15) is 27.2 Å². The quantitative estimate of drug-likeness (QED) is 0.348. The van der Waals surface area contributed by atoms with Gasteiger partial charge in [-0.15, -0.1) is 0 Å². The molecule has 0 saturated heterocycles. The Morgan fingerprint density at radius 1 is 1.44 bits per heavy atom. The smallest absolute Gasteiger partial charge is 0.216 e. The number of nitrogens with zero attached hydrogens (tertiary/aromatic N) is 1. The Hall–Kier alpha value is -0.660. The van der Waals surface area contributed by atoms with Gasteiger partial charge in [0.25, 0.3) is 0 Å². The molecule has 6 nitrogen and oxygen atoms in total. The molecule has 0 radical (unpaired) electrons. The van der Waals surface area contributed by atoms with Crippen molar-refractivity contribution < 1.29 is 13.2 Å². The molecule has 0 aromatic rings. The van der Waals surface area contributed by atoms with E-state index in [0.29, 0.717) is 13.2 Å². The molecule has 0 aromatic carbocycles. The summed E-state index contributed by atoms with van der Waals surface area (Å²) >= 11 is 0. The van der Waals surface area contributed by atoms with E-state index in [1.54, 1.807) is 0 Å². The first-order valence-electron chi connectivity index (χ1n) is 6.18. The van der Waals surface area contributed by atoms with Gasteiger partial charge in [0, 0.05) is 26.1 Å². The molecule has 0 spiro atoms. The van der Waals surface area contributed by atoms with Gasteiger partial charge in [-0.2, -0.15) is 0 Å². The van der Waals surface area contributed by atoms with Crippen molar-refractivity contribution in [3.63, 3.8) is 0 Å². The van der Waals surface area contributed by atoms with Gasteiger partial charge >= 0.3 is 0 Å². The molecule has 108 valence electrons. The summed E-state index contributed by atoms with van der Waals surface area (Å²) in [5.41, 5.74) is 5.27. The molecule has 0 aliphatic heterocycles. The molecular formula is C11H25N3O3S. The number of hydrogen-bond donors (Lipinski definition) is 2. The predicted octanol–water partition coefficient (Wildman–Crippen LogP) is 0.637. The summed E-state index contributed by atoms with van der Waals surface area (Å²) in [5, 5.41) is 7.17. The van der Waals surface area contributed by atoms with Crippen molar-refractivity contribution >= 4 is 15.9 Å². The SMILES string of the molecule is CCOCCS(=O)(=O)N(CCC(=N)N)CC(C)C. The standard InChI is InChI=1S/C11H25N3O3S/c1-4-17-7-8-18(15,16)14(9-10(2)3)6-5-11(12)13/h10H,4-9H2,1-3H3,(H3,12,13). The Labute approximate surface area is 110 Å². The molecule has 7 heteroatoms. The number of amidine groups is 1. The maximum atomic E-state index is 12.1. The van der Waals surface area contributed by atoms with Gasteiger partial charge in [-0.1, -0.05) is 13.8 Å². The van der Waals surface area contributed by atoms with Gasteiger partial charge in [0.05, 0.1) is 18.2 Å². The molecular weight excluding hydrogens is 254 g/mol. The van der Waals surface area contributed by atoms with Gasteiger partial charge < -0.3 is 10.5 Å². The second-order valence-electron chi connectivity index (χ2n) is 4.54. The average Bonchev–Trinajstić information content (AvgIpc) is 2.23. The Morgan fingerprint density at radius 3 is 2.50 bits per heavy atom. The van der Waals surface area contributed by atoms with Crippen LogP contribution >= 0.6 is 0 Å². The predicted molar refractivity (Wildman–Crippen MR) is 73.2 cm³/mol. The summed E-state index contributed by atoms with van der Waals surface area (Å²) in [6.45, 7) is 7.16. The molecule has 0 aliphatic carbocycles. The van der Waals surface area contributed by atoms with E-state index in [2.05, 4.69) is 0 Å². The van der Waals surface area contributed by atoms with Crippen LogP contribution < -0.4 is 5.73 Å². The fraction of sp³-hybridized carbons (Fsp3) is 0.909. The second-order valence-corrected chi connectivity index (χ2v) is 6.63.